The largest absolute Gasteiger partial charge is 0.497 e. The highest BCUT2D eigenvalue weighted by atomic mass is 16.5. The Morgan fingerprint density at radius 3 is 2.87 bits per heavy atom. The number of nitrogens with zero attached hydrogens (tertiary/aromatic N) is 1. The third-order valence-corrected chi connectivity index (χ3v) is 2.56. The summed E-state index contributed by atoms with van der Waals surface area (Å²) in [5.41, 5.74) is 1.83. The maximum atomic E-state index is 11.5. The predicted molar refractivity (Wildman–Crippen MR) is 54.6 cm³/mol. The second kappa shape index (κ2) is 3.73. The highest BCUT2D eigenvalue weighted by Crippen LogP contribution is 2.24. The number of hydrogen-bond donors (Lipinski definition) is 1. The number of oxime groups is 1. The van der Waals surface area contributed by atoms with Crippen LogP contribution in [-0.4, -0.2) is 23.8 Å². The van der Waals surface area contributed by atoms with Gasteiger partial charge in [-0.1, -0.05) is 11.2 Å². The number of Topliss-reactive ketones (excluding diaryl/α,β-unsaturated/α-hetero) is 1. The van der Waals surface area contributed by atoms with Gasteiger partial charge >= 0.3 is 0 Å². The van der Waals surface area contributed by atoms with Crippen molar-refractivity contribution in [3.63, 3.8) is 0 Å². The van der Waals surface area contributed by atoms with Gasteiger partial charge in [0.1, 0.15) is 5.75 Å². The van der Waals surface area contributed by atoms with Crippen molar-refractivity contribution in [1.82, 2.24) is 0 Å². The summed E-state index contributed by atoms with van der Waals surface area (Å²) in [6.07, 6.45) is 1.09. The third kappa shape index (κ3) is 1.58. The van der Waals surface area contributed by atoms with Crippen molar-refractivity contribution in [2.24, 2.45) is 5.16 Å². The maximum Gasteiger partial charge on any atom is 0.185 e. The van der Waals surface area contributed by atoms with E-state index in [4.69, 9.17) is 9.94 Å². The van der Waals surface area contributed by atoms with Crippen molar-refractivity contribution in [3.05, 3.63) is 29.3 Å². The first-order chi connectivity index (χ1) is 7.26. The Labute approximate surface area is 87.2 Å². The fourth-order valence-electron chi connectivity index (χ4n) is 1.75. The molecule has 0 radical (unpaired) electrons. The molecule has 0 aromatic heterocycles. The first-order valence-electron chi connectivity index (χ1n) is 4.69. The zero-order valence-corrected chi connectivity index (χ0v) is 8.36. The van der Waals surface area contributed by atoms with Gasteiger partial charge in [0.2, 0.25) is 0 Å². The average Bonchev–Trinajstić information content (AvgIpc) is 2.28. The summed E-state index contributed by atoms with van der Waals surface area (Å²) in [6.45, 7) is 0. The van der Waals surface area contributed by atoms with E-state index in [0.29, 0.717) is 24.2 Å². The third-order valence-electron chi connectivity index (χ3n) is 2.56. The normalized spacial score (nSPS) is 17.7. The van der Waals surface area contributed by atoms with E-state index >= 15 is 0 Å². The van der Waals surface area contributed by atoms with E-state index in [0.717, 1.165) is 5.56 Å². The molecule has 0 aliphatic heterocycles. The molecular formula is C11H11NO3. The van der Waals surface area contributed by atoms with Crippen molar-refractivity contribution in [3.8, 4) is 5.75 Å². The molecule has 2 rings (SSSR count). The van der Waals surface area contributed by atoms with E-state index < -0.39 is 0 Å². The lowest BCUT2D eigenvalue weighted by molar-refractivity contribution is -0.113. The van der Waals surface area contributed by atoms with E-state index in [1.54, 1.807) is 13.2 Å². The van der Waals surface area contributed by atoms with Crippen molar-refractivity contribution in [1.29, 1.82) is 0 Å². The molecule has 0 spiro atoms. The molecule has 4 nitrogen and oxygen atoms in total. The Morgan fingerprint density at radius 1 is 1.40 bits per heavy atom. The summed E-state index contributed by atoms with van der Waals surface area (Å²) < 4.78 is 5.06. The smallest absolute Gasteiger partial charge is 0.185 e. The number of hydrogen-bond acceptors (Lipinski definition) is 4. The molecule has 0 saturated heterocycles. The van der Waals surface area contributed by atoms with Crippen molar-refractivity contribution in [2.45, 2.75) is 12.8 Å². The first kappa shape index (κ1) is 9.71. The van der Waals surface area contributed by atoms with Crippen LogP contribution < -0.4 is 4.74 Å². The number of carbonyl (C=O) groups is 1. The highest BCUT2D eigenvalue weighted by Gasteiger charge is 2.23. The minimum atomic E-state index is -0.127. The zero-order valence-electron chi connectivity index (χ0n) is 8.36. The van der Waals surface area contributed by atoms with Gasteiger partial charge in [0, 0.05) is 12.0 Å². The minimum absolute atomic E-state index is 0.127. The van der Waals surface area contributed by atoms with Crippen LogP contribution in [0.4, 0.5) is 0 Å². The summed E-state index contributed by atoms with van der Waals surface area (Å²) in [7, 11) is 1.56. The zero-order chi connectivity index (χ0) is 10.8. The number of ether oxygens (including phenoxy) is 1. The van der Waals surface area contributed by atoms with E-state index in [2.05, 4.69) is 5.16 Å². The van der Waals surface area contributed by atoms with Crippen LogP contribution in [0.3, 0.4) is 0 Å². The standard InChI is InChI=1S/C11H11NO3/c1-15-8-4-2-7-3-5-10(13)11(12-14)9(7)6-8/h2,4,6,14H,3,5H2,1H3/b12-11-. The Bertz CT molecular complexity index is 437. The highest BCUT2D eigenvalue weighted by molar-refractivity contribution is 6.47. The van der Waals surface area contributed by atoms with Gasteiger partial charge in [-0.25, -0.2) is 0 Å². The van der Waals surface area contributed by atoms with Crippen LogP contribution >= 0.6 is 0 Å². The first-order valence-corrected chi connectivity index (χ1v) is 4.69. The van der Waals surface area contributed by atoms with Crippen LogP contribution in [0.15, 0.2) is 23.4 Å². The van der Waals surface area contributed by atoms with Gasteiger partial charge in [0.05, 0.1) is 7.11 Å². The second-order valence-electron chi connectivity index (χ2n) is 3.39. The molecule has 1 aliphatic carbocycles. The lowest BCUT2D eigenvalue weighted by Gasteiger charge is -2.16. The van der Waals surface area contributed by atoms with Gasteiger partial charge in [-0.2, -0.15) is 0 Å². The van der Waals surface area contributed by atoms with Crippen molar-refractivity contribution < 1.29 is 14.7 Å². The predicted octanol–water partition coefficient (Wildman–Crippen LogP) is 1.39. The van der Waals surface area contributed by atoms with E-state index in [-0.39, 0.29) is 11.5 Å². The number of aryl methyl sites for hydroxylation is 1. The SMILES string of the molecule is COc1ccc2c(c1)/C(=N/O)C(=O)CC2. The monoisotopic (exact) mass is 205 g/mol. The molecule has 0 saturated carbocycles. The molecule has 4 heteroatoms. The lowest BCUT2D eigenvalue weighted by Crippen LogP contribution is -2.23. The number of rotatable bonds is 1. The van der Waals surface area contributed by atoms with Crippen LogP contribution in [0, 0.1) is 0 Å². The Kier molecular flexibility index (Phi) is 2.41. The summed E-state index contributed by atoms with van der Waals surface area (Å²) in [6, 6.07) is 5.46. The number of ketones is 1. The number of methoxy groups -OCH3 is 1. The summed E-state index contributed by atoms with van der Waals surface area (Å²) in [4.78, 5) is 11.5. The van der Waals surface area contributed by atoms with Crippen molar-refractivity contribution in [2.75, 3.05) is 7.11 Å². The molecule has 78 valence electrons. The van der Waals surface area contributed by atoms with Gasteiger partial charge in [-0.3, -0.25) is 4.79 Å². The maximum absolute atomic E-state index is 11.5. The number of fused-ring (bicyclic) bond motifs is 1. The summed E-state index contributed by atoms with van der Waals surface area (Å²) in [5, 5.41) is 11.9. The molecule has 1 aliphatic rings. The average molecular weight is 205 g/mol. The molecule has 0 heterocycles. The molecule has 0 bridgehead atoms. The molecule has 0 amide bonds. The van der Waals surface area contributed by atoms with Gasteiger partial charge in [0.15, 0.2) is 11.5 Å². The topological polar surface area (TPSA) is 58.9 Å². The van der Waals surface area contributed by atoms with Gasteiger partial charge < -0.3 is 9.94 Å². The van der Waals surface area contributed by atoms with Gasteiger partial charge in [0.25, 0.3) is 0 Å². The van der Waals surface area contributed by atoms with Crippen LogP contribution in [0.2, 0.25) is 0 Å². The van der Waals surface area contributed by atoms with Crippen LogP contribution in [-0.2, 0) is 11.2 Å². The summed E-state index contributed by atoms with van der Waals surface area (Å²) in [5.74, 6) is 0.530. The van der Waals surface area contributed by atoms with Crippen LogP contribution in [0.1, 0.15) is 17.5 Å². The fourth-order valence-corrected chi connectivity index (χ4v) is 1.75. The molecule has 1 N–H and O–H groups in total. The Hall–Kier alpha value is -1.84. The molecule has 1 aromatic rings. The van der Waals surface area contributed by atoms with Gasteiger partial charge in [-0.05, 0) is 24.1 Å². The lowest BCUT2D eigenvalue weighted by atomic mass is 9.89. The molecule has 0 atom stereocenters. The minimum Gasteiger partial charge on any atom is -0.497 e. The molecule has 0 fully saturated rings. The molecule has 0 unspecified atom stereocenters. The quantitative estimate of drug-likeness (QED) is 0.556. The van der Waals surface area contributed by atoms with Crippen LogP contribution in [0.25, 0.3) is 0 Å². The fraction of sp³-hybridized carbons (Fsp3) is 0.273. The molecular weight excluding hydrogens is 194 g/mol. The Balaban J connectivity index is 2.55. The number of carbonyl (C=O) groups excluding carboxylic acids is 1. The van der Waals surface area contributed by atoms with E-state index in [9.17, 15) is 4.79 Å². The molecule has 15 heavy (non-hydrogen) atoms. The number of benzene rings is 1. The Morgan fingerprint density at radius 2 is 2.20 bits per heavy atom. The van der Waals surface area contributed by atoms with Gasteiger partial charge in [-0.15, -0.1) is 0 Å². The second-order valence-corrected chi connectivity index (χ2v) is 3.39. The summed E-state index contributed by atoms with van der Waals surface area (Å²) >= 11 is 0. The van der Waals surface area contributed by atoms with Crippen molar-refractivity contribution >= 4 is 11.5 Å². The van der Waals surface area contributed by atoms with Crippen LogP contribution in [0.5, 0.6) is 5.75 Å². The molecule has 1 aromatic carbocycles. The van der Waals surface area contributed by atoms with E-state index in [1.165, 1.54) is 0 Å². The van der Waals surface area contributed by atoms with E-state index in [1.807, 2.05) is 12.1 Å².